The molecule has 0 fully saturated rings. The molecule has 0 aliphatic carbocycles. The predicted molar refractivity (Wildman–Crippen MR) is 116 cm³/mol. The second kappa shape index (κ2) is 8.01. The molecule has 1 amide bonds. The van der Waals surface area contributed by atoms with Gasteiger partial charge in [0.2, 0.25) is 5.91 Å². The lowest BCUT2D eigenvalue weighted by molar-refractivity contribution is -0.121. The smallest absolute Gasteiger partial charge is 0.262 e. The number of hydrogen-bond acceptors (Lipinski definition) is 4. The summed E-state index contributed by atoms with van der Waals surface area (Å²) in [5.41, 5.74) is 1.65. The molecular formula is C23H21N3O2S. The Hall–Kier alpha value is -3.25. The first-order chi connectivity index (χ1) is 14.1. The Morgan fingerprint density at radius 2 is 1.66 bits per heavy atom. The largest absolute Gasteiger partial charge is 0.353 e. The number of aromatic nitrogens is 2. The van der Waals surface area contributed by atoms with Crippen LogP contribution in [0.5, 0.6) is 0 Å². The monoisotopic (exact) mass is 403 g/mol. The van der Waals surface area contributed by atoms with E-state index in [2.05, 4.69) is 41.5 Å². The van der Waals surface area contributed by atoms with Gasteiger partial charge in [0.15, 0.2) is 0 Å². The van der Waals surface area contributed by atoms with E-state index >= 15 is 0 Å². The molecule has 0 radical (unpaired) electrons. The van der Waals surface area contributed by atoms with Gasteiger partial charge >= 0.3 is 0 Å². The summed E-state index contributed by atoms with van der Waals surface area (Å²) in [5, 5.41) is 5.39. The van der Waals surface area contributed by atoms with E-state index in [1.165, 1.54) is 22.2 Å². The third-order valence-corrected chi connectivity index (χ3v) is 6.05. The highest BCUT2D eigenvalue weighted by molar-refractivity contribution is 7.16. The summed E-state index contributed by atoms with van der Waals surface area (Å²) in [6.07, 6.45) is 1.44. The minimum Gasteiger partial charge on any atom is -0.353 e. The van der Waals surface area contributed by atoms with Crippen LogP contribution in [0.25, 0.3) is 10.2 Å². The average molecular weight is 404 g/mol. The van der Waals surface area contributed by atoms with Crippen molar-refractivity contribution in [1.82, 2.24) is 14.9 Å². The lowest BCUT2D eigenvalue weighted by Crippen LogP contribution is -2.41. The van der Waals surface area contributed by atoms with Crippen LogP contribution in [-0.4, -0.2) is 22.0 Å². The average Bonchev–Trinajstić information content (AvgIpc) is 3.25. The van der Waals surface area contributed by atoms with Crippen LogP contribution in [0.15, 0.2) is 83.2 Å². The molecule has 0 saturated carbocycles. The highest BCUT2D eigenvalue weighted by atomic mass is 32.1. The van der Waals surface area contributed by atoms with Crippen molar-refractivity contribution >= 4 is 27.5 Å². The fourth-order valence-electron chi connectivity index (χ4n) is 3.47. The van der Waals surface area contributed by atoms with Crippen LogP contribution in [-0.2, 0) is 16.8 Å². The molecule has 2 aromatic carbocycles. The van der Waals surface area contributed by atoms with E-state index in [4.69, 9.17) is 0 Å². The van der Waals surface area contributed by atoms with Gasteiger partial charge < -0.3 is 5.32 Å². The number of thiophene rings is 1. The van der Waals surface area contributed by atoms with Crippen molar-refractivity contribution in [1.29, 1.82) is 0 Å². The zero-order valence-electron chi connectivity index (χ0n) is 16.0. The third-order valence-electron chi connectivity index (χ3n) is 5.23. The number of nitrogens with zero attached hydrogens (tertiary/aromatic N) is 2. The summed E-state index contributed by atoms with van der Waals surface area (Å²) in [6, 6.07) is 22.0. The molecule has 2 aromatic heterocycles. The van der Waals surface area contributed by atoms with Crippen molar-refractivity contribution in [3.05, 3.63) is 99.9 Å². The topological polar surface area (TPSA) is 64.0 Å². The molecule has 6 heteroatoms. The van der Waals surface area contributed by atoms with E-state index in [0.29, 0.717) is 16.8 Å². The van der Waals surface area contributed by atoms with Crippen molar-refractivity contribution in [2.24, 2.45) is 0 Å². The minimum absolute atomic E-state index is 0.0583. The van der Waals surface area contributed by atoms with Crippen LogP contribution < -0.4 is 10.9 Å². The van der Waals surface area contributed by atoms with E-state index in [1.54, 1.807) is 6.07 Å². The van der Waals surface area contributed by atoms with Crippen LogP contribution in [0.1, 0.15) is 18.1 Å². The van der Waals surface area contributed by atoms with E-state index in [1.807, 2.05) is 41.8 Å². The molecule has 0 bridgehead atoms. The van der Waals surface area contributed by atoms with Gasteiger partial charge in [0.25, 0.3) is 5.56 Å². The summed E-state index contributed by atoms with van der Waals surface area (Å²) in [7, 11) is 0. The second-order valence-corrected chi connectivity index (χ2v) is 8.05. The SMILES string of the molecule is CC(CNC(=O)Cn1cnc2sccc2c1=O)(c1ccccc1)c1ccccc1. The predicted octanol–water partition coefficient (Wildman–Crippen LogP) is 3.58. The number of rotatable bonds is 6. The third kappa shape index (κ3) is 3.84. The van der Waals surface area contributed by atoms with Gasteiger partial charge in [0.1, 0.15) is 11.4 Å². The molecule has 4 aromatic rings. The molecule has 0 atom stereocenters. The van der Waals surface area contributed by atoms with Crippen molar-refractivity contribution < 1.29 is 4.79 Å². The maximum absolute atomic E-state index is 12.7. The zero-order valence-corrected chi connectivity index (χ0v) is 16.9. The van der Waals surface area contributed by atoms with E-state index < -0.39 is 5.41 Å². The van der Waals surface area contributed by atoms with E-state index in [-0.39, 0.29) is 18.0 Å². The van der Waals surface area contributed by atoms with E-state index in [0.717, 1.165) is 11.1 Å². The highest BCUT2D eigenvalue weighted by Gasteiger charge is 2.29. The van der Waals surface area contributed by atoms with Gasteiger partial charge in [-0.2, -0.15) is 0 Å². The molecule has 29 heavy (non-hydrogen) atoms. The van der Waals surface area contributed by atoms with Gasteiger partial charge in [0, 0.05) is 12.0 Å². The van der Waals surface area contributed by atoms with Gasteiger partial charge in [-0.3, -0.25) is 14.2 Å². The van der Waals surface area contributed by atoms with Gasteiger partial charge in [0.05, 0.1) is 11.7 Å². The first-order valence-corrected chi connectivity index (χ1v) is 10.3. The Kier molecular flexibility index (Phi) is 5.27. The van der Waals surface area contributed by atoms with Crippen LogP contribution in [0.2, 0.25) is 0 Å². The van der Waals surface area contributed by atoms with Crippen LogP contribution in [0.3, 0.4) is 0 Å². The Balaban J connectivity index is 1.55. The van der Waals surface area contributed by atoms with Gasteiger partial charge in [-0.25, -0.2) is 4.98 Å². The molecule has 0 aliphatic heterocycles. The molecule has 146 valence electrons. The number of carbonyl (C=O) groups is 1. The molecule has 1 N–H and O–H groups in total. The molecular weight excluding hydrogens is 382 g/mol. The highest BCUT2D eigenvalue weighted by Crippen LogP contribution is 2.31. The summed E-state index contributed by atoms with van der Waals surface area (Å²) in [4.78, 5) is 30.1. The summed E-state index contributed by atoms with van der Waals surface area (Å²) in [6.45, 7) is 2.48. The molecule has 0 unspecified atom stereocenters. The molecule has 0 aliphatic rings. The van der Waals surface area contributed by atoms with Crippen LogP contribution in [0.4, 0.5) is 0 Å². The normalized spacial score (nSPS) is 11.5. The Morgan fingerprint density at radius 3 is 2.28 bits per heavy atom. The van der Waals surface area contributed by atoms with Gasteiger partial charge in [-0.05, 0) is 29.5 Å². The number of amides is 1. The number of fused-ring (bicyclic) bond motifs is 1. The Bertz CT molecular complexity index is 1140. The standard InChI is InChI=1S/C23H21N3O2S/c1-23(17-8-4-2-5-9-17,18-10-6-3-7-11-18)15-24-20(27)14-26-16-25-21-19(22(26)28)12-13-29-21/h2-13,16H,14-15H2,1H3,(H,24,27). The number of carbonyl (C=O) groups excluding carboxylic acids is 1. The Morgan fingerprint density at radius 1 is 1.03 bits per heavy atom. The zero-order chi connectivity index (χ0) is 20.3. The summed E-state index contributed by atoms with van der Waals surface area (Å²) in [5.74, 6) is -0.221. The molecule has 0 saturated heterocycles. The summed E-state index contributed by atoms with van der Waals surface area (Å²) < 4.78 is 1.35. The first-order valence-electron chi connectivity index (χ1n) is 9.38. The number of hydrogen-bond donors (Lipinski definition) is 1. The molecule has 5 nitrogen and oxygen atoms in total. The fourth-order valence-corrected chi connectivity index (χ4v) is 4.20. The first kappa shape index (κ1) is 19.1. The Labute approximate surface area is 172 Å². The number of benzene rings is 2. The van der Waals surface area contributed by atoms with Crippen molar-refractivity contribution in [2.45, 2.75) is 18.9 Å². The van der Waals surface area contributed by atoms with Gasteiger partial charge in [-0.15, -0.1) is 11.3 Å². The molecule has 0 spiro atoms. The van der Waals surface area contributed by atoms with Crippen molar-refractivity contribution in [3.63, 3.8) is 0 Å². The fraction of sp³-hybridized carbons (Fsp3) is 0.174. The lowest BCUT2D eigenvalue weighted by Gasteiger charge is -2.31. The van der Waals surface area contributed by atoms with Crippen molar-refractivity contribution in [3.8, 4) is 0 Å². The lowest BCUT2D eigenvalue weighted by atomic mass is 9.76. The molecule has 2 heterocycles. The van der Waals surface area contributed by atoms with Crippen LogP contribution in [0, 0.1) is 0 Å². The van der Waals surface area contributed by atoms with Gasteiger partial charge in [-0.1, -0.05) is 60.7 Å². The minimum atomic E-state index is -0.390. The molecule has 4 rings (SSSR count). The number of nitrogens with one attached hydrogen (secondary N) is 1. The van der Waals surface area contributed by atoms with Crippen molar-refractivity contribution in [2.75, 3.05) is 6.54 Å². The summed E-state index contributed by atoms with van der Waals surface area (Å²) >= 11 is 1.41. The maximum Gasteiger partial charge on any atom is 0.262 e. The van der Waals surface area contributed by atoms with E-state index in [9.17, 15) is 9.59 Å². The van der Waals surface area contributed by atoms with Crippen LogP contribution >= 0.6 is 11.3 Å². The quantitative estimate of drug-likeness (QED) is 0.535. The maximum atomic E-state index is 12.7. The second-order valence-electron chi connectivity index (χ2n) is 7.16.